The first-order valence-corrected chi connectivity index (χ1v) is 13.1. The van der Waals surface area contributed by atoms with Crippen LogP contribution in [0.15, 0.2) is 84.9 Å². The summed E-state index contributed by atoms with van der Waals surface area (Å²) in [6.07, 6.45) is 0. The van der Waals surface area contributed by atoms with Gasteiger partial charge in [0.05, 0.1) is 16.7 Å². The van der Waals surface area contributed by atoms with Crippen LogP contribution in [0.2, 0.25) is 0 Å². The molecule has 0 atom stereocenters. The van der Waals surface area contributed by atoms with E-state index >= 15 is 0 Å². The largest absolute Gasteiger partial charge is 0.292 e. The molecule has 0 amide bonds. The lowest BCUT2D eigenvalue weighted by Gasteiger charge is -2.26. The van der Waals surface area contributed by atoms with Gasteiger partial charge in [0.25, 0.3) is 0 Å². The van der Waals surface area contributed by atoms with Gasteiger partial charge in [-0.1, -0.05) is 114 Å². The Morgan fingerprint density at radius 3 is 1.94 bits per heavy atom. The molecule has 0 saturated heterocycles. The summed E-state index contributed by atoms with van der Waals surface area (Å²) in [5.41, 5.74) is 12.7. The van der Waals surface area contributed by atoms with Crippen molar-refractivity contribution in [3.63, 3.8) is 0 Å². The predicted octanol–water partition coefficient (Wildman–Crippen LogP) is 9.25. The molecule has 36 heavy (non-hydrogen) atoms. The summed E-state index contributed by atoms with van der Waals surface area (Å²) in [5, 5.41) is 0. The van der Waals surface area contributed by atoms with Crippen LogP contribution in [0.3, 0.4) is 0 Å². The quantitative estimate of drug-likeness (QED) is 0.256. The SMILES string of the molecule is CC(C)c1cccc(C(C)C)c1-n1c(-c2cccc3c2C(C)(C)c2ccccc2-3)nc2ccccc21. The molecule has 4 aromatic carbocycles. The molecule has 1 aliphatic rings. The van der Waals surface area contributed by atoms with Crippen molar-refractivity contribution in [1.29, 1.82) is 0 Å². The van der Waals surface area contributed by atoms with E-state index in [1.165, 1.54) is 44.6 Å². The van der Waals surface area contributed by atoms with Crippen molar-refractivity contribution in [2.24, 2.45) is 0 Å². The van der Waals surface area contributed by atoms with Crippen LogP contribution in [0, 0.1) is 0 Å². The molecule has 2 heteroatoms. The molecule has 0 aliphatic heterocycles. The van der Waals surface area contributed by atoms with Crippen molar-refractivity contribution in [2.45, 2.75) is 58.8 Å². The normalized spacial score (nSPS) is 14.0. The van der Waals surface area contributed by atoms with Gasteiger partial charge >= 0.3 is 0 Å². The minimum Gasteiger partial charge on any atom is -0.292 e. The Kier molecular flexibility index (Phi) is 5.19. The minimum atomic E-state index is -0.107. The molecule has 2 nitrogen and oxygen atoms in total. The second kappa shape index (κ2) is 8.20. The van der Waals surface area contributed by atoms with Crippen molar-refractivity contribution in [2.75, 3.05) is 0 Å². The van der Waals surface area contributed by atoms with Gasteiger partial charge in [-0.2, -0.15) is 0 Å². The third kappa shape index (κ3) is 3.20. The average Bonchev–Trinajstić information content (AvgIpc) is 3.37. The number of fused-ring (bicyclic) bond motifs is 4. The predicted molar refractivity (Wildman–Crippen MR) is 152 cm³/mol. The van der Waals surface area contributed by atoms with Crippen molar-refractivity contribution in [3.8, 4) is 28.2 Å². The smallest absolute Gasteiger partial charge is 0.146 e. The maximum atomic E-state index is 5.33. The number of rotatable bonds is 4. The van der Waals surface area contributed by atoms with Crippen LogP contribution < -0.4 is 0 Å². The topological polar surface area (TPSA) is 17.8 Å². The average molecular weight is 471 g/mol. The van der Waals surface area contributed by atoms with Gasteiger partial charge in [0.15, 0.2) is 0 Å². The highest BCUT2D eigenvalue weighted by molar-refractivity contribution is 5.90. The highest BCUT2D eigenvalue weighted by Crippen LogP contribution is 2.52. The van der Waals surface area contributed by atoms with E-state index in [1.807, 2.05) is 0 Å². The fourth-order valence-electron chi connectivity index (χ4n) is 6.24. The van der Waals surface area contributed by atoms with Crippen LogP contribution in [-0.2, 0) is 5.41 Å². The van der Waals surface area contributed by atoms with Crippen molar-refractivity contribution >= 4 is 11.0 Å². The number of imidazole rings is 1. The lowest BCUT2D eigenvalue weighted by atomic mass is 9.80. The Balaban J connectivity index is 1.74. The van der Waals surface area contributed by atoms with Gasteiger partial charge in [-0.05, 0) is 57.3 Å². The Morgan fingerprint density at radius 2 is 1.22 bits per heavy atom. The molecule has 0 spiro atoms. The van der Waals surface area contributed by atoms with Crippen LogP contribution in [0.5, 0.6) is 0 Å². The molecular formula is C34H34N2. The third-order valence-corrected chi connectivity index (χ3v) is 7.95. The van der Waals surface area contributed by atoms with Crippen molar-refractivity contribution in [1.82, 2.24) is 9.55 Å². The number of para-hydroxylation sites is 3. The van der Waals surface area contributed by atoms with Crippen LogP contribution in [0.4, 0.5) is 0 Å². The van der Waals surface area contributed by atoms with E-state index in [4.69, 9.17) is 4.98 Å². The van der Waals surface area contributed by atoms with E-state index in [-0.39, 0.29) is 5.41 Å². The highest BCUT2D eigenvalue weighted by atomic mass is 15.1. The van der Waals surface area contributed by atoms with Gasteiger partial charge < -0.3 is 0 Å². The zero-order valence-corrected chi connectivity index (χ0v) is 22.1. The van der Waals surface area contributed by atoms with E-state index in [1.54, 1.807) is 0 Å². The maximum absolute atomic E-state index is 5.33. The third-order valence-electron chi connectivity index (χ3n) is 7.95. The molecule has 0 bridgehead atoms. The molecule has 0 unspecified atom stereocenters. The summed E-state index contributed by atoms with van der Waals surface area (Å²) in [7, 11) is 0. The Bertz CT molecular complexity index is 1590. The fourth-order valence-corrected chi connectivity index (χ4v) is 6.24. The second-order valence-corrected chi connectivity index (χ2v) is 11.3. The molecule has 0 saturated carbocycles. The first-order chi connectivity index (χ1) is 17.3. The van der Waals surface area contributed by atoms with Crippen LogP contribution in [0.25, 0.3) is 39.2 Å². The van der Waals surface area contributed by atoms with Crippen LogP contribution in [-0.4, -0.2) is 9.55 Å². The molecule has 6 rings (SSSR count). The van der Waals surface area contributed by atoms with Gasteiger partial charge in [-0.3, -0.25) is 4.57 Å². The lowest BCUT2D eigenvalue weighted by Crippen LogP contribution is -2.17. The number of hydrogen-bond acceptors (Lipinski definition) is 1. The number of hydrogen-bond donors (Lipinski definition) is 0. The van der Waals surface area contributed by atoms with E-state index in [9.17, 15) is 0 Å². The van der Waals surface area contributed by atoms with Gasteiger partial charge in [-0.15, -0.1) is 0 Å². The Morgan fingerprint density at radius 1 is 0.639 bits per heavy atom. The van der Waals surface area contributed by atoms with E-state index in [2.05, 4.69) is 131 Å². The van der Waals surface area contributed by atoms with Gasteiger partial charge in [0.1, 0.15) is 5.82 Å². The Labute approximate surface area is 214 Å². The van der Waals surface area contributed by atoms with Crippen LogP contribution in [0.1, 0.15) is 75.6 Å². The first kappa shape index (κ1) is 22.8. The van der Waals surface area contributed by atoms with Gasteiger partial charge in [0.2, 0.25) is 0 Å². The summed E-state index contributed by atoms with van der Waals surface area (Å²) < 4.78 is 2.45. The Hall–Kier alpha value is -3.65. The van der Waals surface area contributed by atoms with Crippen molar-refractivity contribution in [3.05, 3.63) is 107 Å². The zero-order valence-electron chi connectivity index (χ0n) is 22.1. The monoisotopic (exact) mass is 470 g/mol. The maximum Gasteiger partial charge on any atom is 0.146 e. The molecule has 1 aromatic heterocycles. The van der Waals surface area contributed by atoms with E-state index in [0.29, 0.717) is 11.8 Å². The molecule has 0 fully saturated rings. The summed E-state index contributed by atoms with van der Waals surface area (Å²) in [6, 6.07) is 31.0. The molecule has 0 N–H and O–H groups in total. The van der Waals surface area contributed by atoms with E-state index < -0.39 is 0 Å². The molecule has 1 heterocycles. The molecule has 180 valence electrons. The summed E-state index contributed by atoms with van der Waals surface area (Å²) in [4.78, 5) is 5.33. The number of nitrogens with zero attached hydrogens (tertiary/aromatic N) is 2. The lowest BCUT2D eigenvalue weighted by molar-refractivity contribution is 0.661. The summed E-state index contributed by atoms with van der Waals surface area (Å²) in [6.45, 7) is 13.9. The highest BCUT2D eigenvalue weighted by Gasteiger charge is 2.38. The zero-order chi connectivity index (χ0) is 25.2. The summed E-state index contributed by atoms with van der Waals surface area (Å²) >= 11 is 0. The first-order valence-electron chi connectivity index (χ1n) is 13.1. The van der Waals surface area contributed by atoms with E-state index in [0.717, 1.165) is 16.9 Å². The van der Waals surface area contributed by atoms with Crippen LogP contribution >= 0.6 is 0 Å². The fraction of sp³-hybridized carbons (Fsp3) is 0.265. The van der Waals surface area contributed by atoms with Gasteiger partial charge in [-0.25, -0.2) is 4.98 Å². The molecule has 5 aromatic rings. The van der Waals surface area contributed by atoms with Gasteiger partial charge in [0, 0.05) is 11.0 Å². The molecular weight excluding hydrogens is 436 g/mol. The number of aromatic nitrogens is 2. The second-order valence-electron chi connectivity index (χ2n) is 11.3. The standard InChI is InChI=1S/C34H34N2/c1-21(2)23-14-11-15-24(22(3)4)32(23)36-30-20-10-9-19-29(30)35-33(36)27-17-12-16-26-25-13-7-8-18-28(25)34(5,6)31(26)27/h7-22H,1-6H3. The number of benzene rings is 4. The molecule has 1 aliphatic carbocycles. The molecule has 0 radical (unpaired) electrons. The summed E-state index contributed by atoms with van der Waals surface area (Å²) in [5.74, 6) is 1.83. The van der Waals surface area contributed by atoms with Crippen molar-refractivity contribution < 1.29 is 0 Å². The minimum absolute atomic E-state index is 0.107.